The van der Waals surface area contributed by atoms with Crippen molar-refractivity contribution < 1.29 is 14.7 Å². The average molecular weight is 367 g/mol. The minimum Gasteiger partial charge on any atom is -0.481 e. The normalized spacial score (nSPS) is 26.6. The summed E-state index contributed by atoms with van der Waals surface area (Å²) in [7, 11) is 0. The molecular formula is C19H27ClN2O3. The first-order chi connectivity index (χ1) is 11.3. The van der Waals surface area contributed by atoms with Gasteiger partial charge < -0.3 is 10.4 Å². The summed E-state index contributed by atoms with van der Waals surface area (Å²) in [6.45, 7) is 7.02. The molecule has 1 aliphatic carbocycles. The van der Waals surface area contributed by atoms with Crippen molar-refractivity contribution in [3.63, 3.8) is 0 Å². The number of carboxylic acid groups (broad SMARTS) is 1. The molecule has 3 rings (SSSR count). The molecule has 1 saturated carbocycles. The van der Waals surface area contributed by atoms with E-state index >= 15 is 0 Å². The van der Waals surface area contributed by atoms with Crippen LogP contribution in [0.15, 0.2) is 18.2 Å². The fourth-order valence-electron chi connectivity index (χ4n) is 4.25. The van der Waals surface area contributed by atoms with Crippen LogP contribution in [0.2, 0.25) is 0 Å². The van der Waals surface area contributed by atoms with E-state index in [4.69, 9.17) is 0 Å². The second-order valence-electron chi connectivity index (χ2n) is 7.46. The minimum atomic E-state index is -0.699. The fraction of sp³-hybridized carbons (Fsp3) is 0.579. The molecule has 1 amide bonds. The topological polar surface area (TPSA) is 69.6 Å². The van der Waals surface area contributed by atoms with Crippen molar-refractivity contribution in [2.75, 3.05) is 18.4 Å². The highest BCUT2D eigenvalue weighted by Crippen LogP contribution is 2.49. The van der Waals surface area contributed by atoms with Crippen LogP contribution in [-0.2, 0) is 9.59 Å². The van der Waals surface area contributed by atoms with Gasteiger partial charge in [0.25, 0.3) is 0 Å². The predicted molar refractivity (Wildman–Crippen MR) is 100 cm³/mol. The number of hydrogen-bond donors (Lipinski definition) is 2. The van der Waals surface area contributed by atoms with Crippen LogP contribution in [-0.4, -0.2) is 41.0 Å². The Bertz CT molecular complexity index is 679. The van der Waals surface area contributed by atoms with Crippen molar-refractivity contribution in [3.8, 4) is 0 Å². The Morgan fingerprint density at radius 1 is 1.36 bits per heavy atom. The summed E-state index contributed by atoms with van der Waals surface area (Å²) in [6.07, 6.45) is 2.66. The van der Waals surface area contributed by atoms with Gasteiger partial charge in [0.05, 0.1) is 11.5 Å². The maximum absolute atomic E-state index is 12.7. The number of hydrogen-bond acceptors (Lipinski definition) is 3. The second kappa shape index (κ2) is 7.34. The van der Waals surface area contributed by atoms with Crippen molar-refractivity contribution in [1.29, 1.82) is 0 Å². The average Bonchev–Trinajstić information content (AvgIpc) is 3.08. The summed E-state index contributed by atoms with van der Waals surface area (Å²) in [5, 5.41) is 12.7. The van der Waals surface area contributed by atoms with Crippen molar-refractivity contribution in [2.24, 2.45) is 11.3 Å². The quantitative estimate of drug-likeness (QED) is 0.858. The van der Waals surface area contributed by atoms with Gasteiger partial charge in [-0.05, 0) is 56.7 Å². The van der Waals surface area contributed by atoms with Gasteiger partial charge in [0, 0.05) is 18.8 Å². The summed E-state index contributed by atoms with van der Waals surface area (Å²) in [5.74, 6) is -0.593. The molecule has 1 unspecified atom stereocenters. The number of fused-ring (bicyclic) bond motifs is 1. The molecule has 0 radical (unpaired) electrons. The van der Waals surface area contributed by atoms with Crippen LogP contribution in [0.5, 0.6) is 0 Å². The summed E-state index contributed by atoms with van der Waals surface area (Å²) in [4.78, 5) is 26.5. The maximum Gasteiger partial charge on any atom is 0.311 e. The number of aryl methyl sites for hydroxylation is 2. The van der Waals surface area contributed by atoms with E-state index in [0.717, 1.165) is 36.1 Å². The van der Waals surface area contributed by atoms with Gasteiger partial charge in [-0.25, -0.2) is 0 Å². The largest absolute Gasteiger partial charge is 0.481 e. The Kier molecular flexibility index (Phi) is 5.79. The van der Waals surface area contributed by atoms with Crippen LogP contribution in [0.4, 0.5) is 5.69 Å². The number of amides is 1. The van der Waals surface area contributed by atoms with Crippen LogP contribution in [0.1, 0.15) is 37.3 Å². The lowest BCUT2D eigenvalue weighted by Crippen LogP contribution is -2.43. The number of nitrogens with zero attached hydrogens (tertiary/aromatic N) is 1. The molecule has 138 valence electrons. The predicted octanol–water partition coefficient (Wildman–Crippen LogP) is 3.24. The molecule has 2 fully saturated rings. The summed E-state index contributed by atoms with van der Waals surface area (Å²) >= 11 is 0. The zero-order valence-corrected chi connectivity index (χ0v) is 15.9. The molecule has 6 heteroatoms. The zero-order valence-electron chi connectivity index (χ0n) is 15.0. The maximum atomic E-state index is 12.7. The molecular weight excluding hydrogens is 340 g/mol. The Balaban J connectivity index is 0.00000225. The molecule has 2 N–H and O–H groups in total. The Hall–Kier alpha value is -1.59. The number of carbonyl (C=O) groups is 2. The van der Waals surface area contributed by atoms with E-state index in [0.29, 0.717) is 13.1 Å². The number of benzene rings is 1. The van der Waals surface area contributed by atoms with Gasteiger partial charge in [-0.15, -0.1) is 12.4 Å². The Morgan fingerprint density at radius 2 is 2.08 bits per heavy atom. The standard InChI is InChI=1S/C19H26N2O3.ClH/c1-12-6-7-13(2)16(9-12)20-17(22)14(3)21-10-15-5-4-8-19(15,11-21)18(23)24;/h6-7,9,14-15H,4-5,8,10-11H2,1-3H3,(H,20,22)(H,23,24);1H/t14?,15-,19+;/m0./s1. The SMILES string of the molecule is Cc1ccc(C)c(NC(=O)C(C)N2C[C@@H]3CCC[C@@]3(C(=O)O)C2)c1.Cl. The zero-order chi connectivity index (χ0) is 17.5. The molecule has 25 heavy (non-hydrogen) atoms. The van der Waals surface area contributed by atoms with Crippen LogP contribution >= 0.6 is 12.4 Å². The Labute approximate surface area is 155 Å². The van der Waals surface area contributed by atoms with Crippen molar-refractivity contribution in [2.45, 2.75) is 46.1 Å². The summed E-state index contributed by atoms with van der Waals surface area (Å²) < 4.78 is 0. The third kappa shape index (κ3) is 3.53. The van der Waals surface area contributed by atoms with Crippen LogP contribution in [0.25, 0.3) is 0 Å². The van der Waals surface area contributed by atoms with E-state index in [1.807, 2.05) is 43.9 Å². The molecule has 3 atom stereocenters. The summed E-state index contributed by atoms with van der Waals surface area (Å²) in [6, 6.07) is 5.66. The van der Waals surface area contributed by atoms with Crippen molar-refractivity contribution in [3.05, 3.63) is 29.3 Å². The van der Waals surface area contributed by atoms with Crippen LogP contribution in [0.3, 0.4) is 0 Å². The van der Waals surface area contributed by atoms with E-state index in [9.17, 15) is 14.7 Å². The van der Waals surface area contributed by atoms with Gasteiger partial charge in [0.15, 0.2) is 0 Å². The van der Waals surface area contributed by atoms with Crippen molar-refractivity contribution >= 4 is 30.0 Å². The molecule has 0 spiro atoms. The first-order valence-corrected chi connectivity index (χ1v) is 8.69. The van der Waals surface area contributed by atoms with E-state index in [1.54, 1.807) is 0 Å². The minimum absolute atomic E-state index is 0. The number of aliphatic carboxylic acids is 1. The van der Waals surface area contributed by atoms with Crippen molar-refractivity contribution in [1.82, 2.24) is 4.90 Å². The van der Waals surface area contributed by atoms with Gasteiger partial charge in [-0.2, -0.15) is 0 Å². The number of rotatable bonds is 4. The molecule has 1 aliphatic heterocycles. The van der Waals surface area contributed by atoms with E-state index in [2.05, 4.69) is 5.32 Å². The van der Waals surface area contributed by atoms with E-state index < -0.39 is 11.4 Å². The van der Waals surface area contributed by atoms with E-state index in [1.165, 1.54) is 0 Å². The number of halogens is 1. The molecule has 2 aliphatic rings. The molecule has 1 aromatic carbocycles. The lowest BCUT2D eigenvalue weighted by molar-refractivity contribution is -0.149. The highest BCUT2D eigenvalue weighted by molar-refractivity contribution is 5.95. The van der Waals surface area contributed by atoms with Gasteiger partial charge >= 0.3 is 5.97 Å². The highest BCUT2D eigenvalue weighted by Gasteiger charge is 2.55. The molecule has 0 aromatic heterocycles. The van der Waals surface area contributed by atoms with Crippen LogP contribution < -0.4 is 5.32 Å². The fourth-order valence-corrected chi connectivity index (χ4v) is 4.25. The van der Waals surface area contributed by atoms with Gasteiger partial charge in [-0.1, -0.05) is 18.6 Å². The van der Waals surface area contributed by atoms with Crippen LogP contribution in [0, 0.1) is 25.2 Å². The number of carboxylic acids is 1. The number of anilines is 1. The monoisotopic (exact) mass is 366 g/mol. The summed E-state index contributed by atoms with van der Waals surface area (Å²) in [5.41, 5.74) is 2.32. The molecule has 0 bridgehead atoms. The van der Waals surface area contributed by atoms with Gasteiger partial charge in [0.2, 0.25) is 5.91 Å². The molecule has 1 saturated heterocycles. The number of nitrogens with one attached hydrogen (secondary N) is 1. The lowest BCUT2D eigenvalue weighted by Gasteiger charge is -2.26. The molecule has 5 nitrogen and oxygen atoms in total. The molecule has 1 aromatic rings. The highest BCUT2D eigenvalue weighted by atomic mass is 35.5. The first-order valence-electron chi connectivity index (χ1n) is 8.69. The number of likely N-dealkylation sites (tertiary alicyclic amines) is 1. The smallest absolute Gasteiger partial charge is 0.311 e. The van der Waals surface area contributed by atoms with E-state index in [-0.39, 0.29) is 30.3 Å². The third-order valence-electron chi connectivity index (χ3n) is 5.90. The first kappa shape index (κ1) is 19.7. The third-order valence-corrected chi connectivity index (χ3v) is 5.90. The molecule has 1 heterocycles. The second-order valence-corrected chi connectivity index (χ2v) is 7.46. The number of carbonyl (C=O) groups excluding carboxylic acids is 1. The Morgan fingerprint density at radius 3 is 2.72 bits per heavy atom. The lowest BCUT2D eigenvalue weighted by atomic mass is 9.81. The van der Waals surface area contributed by atoms with Gasteiger partial charge in [0.1, 0.15) is 0 Å². The van der Waals surface area contributed by atoms with Gasteiger partial charge in [-0.3, -0.25) is 14.5 Å².